The van der Waals surface area contributed by atoms with Crippen molar-refractivity contribution in [2.75, 3.05) is 11.9 Å². The van der Waals surface area contributed by atoms with Gasteiger partial charge in [-0.3, -0.25) is 0 Å². The summed E-state index contributed by atoms with van der Waals surface area (Å²) in [6.07, 6.45) is 6.61. The molecule has 1 aromatic heterocycles. The number of nitrogens with zero attached hydrogens (tertiary/aromatic N) is 1. The van der Waals surface area contributed by atoms with Crippen molar-refractivity contribution in [2.45, 2.75) is 25.7 Å². The fourth-order valence-corrected chi connectivity index (χ4v) is 2.13. The number of carboxylic acid groups (broad SMARTS) is 1. The van der Waals surface area contributed by atoms with Crippen LogP contribution in [0.15, 0.2) is 6.20 Å². The molecule has 0 aromatic carbocycles. The summed E-state index contributed by atoms with van der Waals surface area (Å²) in [5.41, 5.74) is 0. The minimum absolute atomic E-state index is 0.291. The maximum absolute atomic E-state index is 10.6. The largest absolute Gasteiger partial charge is 0.477 e. The van der Waals surface area contributed by atoms with Crippen LogP contribution in [0, 0.1) is 5.92 Å². The first-order valence-corrected chi connectivity index (χ1v) is 6.00. The molecule has 0 saturated heterocycles. The lowest BCUT2D eigenvalue weighted by molar-refractivity contribution is 0.0702. The van der Waals surface area contributed by atoms with Gasteiger partial charge in [-0.25, -0.2) is 9.78 Å². The number of aromatic nitrogens is 1. The van der Waals surface area contributed by atoms with E-state index in [4.69, 9.17) is 5.11 Å². The predicted octanol–water partition coefficient (Wildman–Crippen LogP) is 2.44. The molecule has 1 aliphatic carbocycles. The number of hydrogen-bond acceptors (Lipinski definition) is 4. The van der Waals surface area contributed by atoms with Crippen molar-refractivity contribution in [2.24, 2.45) is 5.92 Å². The average molecular weight is 226 g/mol. The highest BCUT2D eigenvalue weighted by Crippen LogP contribution is 2.33. The third-order valence-corrected chi connectivity index (χ3v) is 3.42. The van der Waals surface area contributed by atoms with Crippen LogP contribution in [0.5, 0.6) is 0 Å². The highest BCUT2D eigenvalue weighted by atomic mass is 32.1. The monoisotopic (exact) mass is 226 g/mol. The zero-order chi connectivity index (χ0) is 10.7. The molecule has 4 nitrogen and oxygen atoms in total. The first-order chi connectivity index (χ1) is 7.25. The van der Waals surface area contributed by atoms with E-state index in [1.54, 1.807) is 0 Å². The Morgan fingerprint density at radius 1 is 1.67 bits per heavy atom. The van der Waals surface area contributed by atoms with E-state index in [1.165, 1.54) is 36.8 Å². The lowest BCUT2D eigenvalue weighted by Crippen LogP contribution is -2.00. The summed E-state index contributed by atoms with van der Waals surface area (Å²) in [7, 11) is 0. The molecule has 0 atom stereocenters. The molecule has 1 saturated carbocycles. The number of aromatic carboxylic acids is 1. The number of carbonyl (C=O) groups is 1. The first kappa shape index (κ1) is 10.4. The molecule has 0 amide bonds. The second-order valence-electron chi connectivity index (χ2n) is 3.85. The van der Waals surface area contributed by atoms with Crippen molar-refractivity contribution in [1.29, 1.82) is 0 Å². The smallest absolute Gasteiger partial charge is 0.347 e. The summed E-state index contributed by atoms with van der Waals surface area (Å²) in [5, 5.41) is 12.6. The average Bonchev–Trinajstić information content (AvgIpc) is 2.90. The van der Waals surface area contributed by atoms with E-state index in [1.807, 2.05) is 0 Å². The van der Waals surface area contributed by atoms with Crippen LogP contribution < -0.4 is 5.32 Å². The molecule has 5 heteroatoms. The molecule has 1 heterocycles. The van der Waals surface area contributed by atoms with Crippen molar-refractivity contribution in [3.63, 3.8) is 0 Å². The van der Waals surface area contributed by atoms with Crippen LogP contribution in [0.2, 0.25) is 0 Å². The molecule has 0 unspecified atom stereocenters. The highest BCUT2D eigenvalue weighted by Gasteiger charge is 2.20. The number of anilines is 1. The number of hydrogen-bond donors (Lipinski definition) is 2. The van der Waals surface area contributed by atoms with Crippen LogP contribution in [0.1, 0.15) is 35.4 Å². The summed E-state index contributed by atoms with van der Waals surface area (Å²) in [6.45, 7) is 0.892. The summed E-state index contributed by atoms with van der Waals surface area (Å²) in [4.78, 5) is 14.9. The van der Waals surface area contributed by atoms with Gasteiger partial charge in [0.15, 0.2) is 5.13 Å². The molecule has 0 radical (unpaired) electrons. The second-order valence-corrected chi connectivity index (χ2v) is 4.88. The maximum atomic E-state index is 10.6. The standard InChI is InChI=1S/C10H14N2O2S/c13-9(14)8-6-12-10(15-8)11-5-1-2-7-3-4-7/h6-7H,1-5H2,(H,11,12)(H,13,14). The van der Waals surface area contributed by atoms with E-state index >= 15 is 0 Å². The van der Waals surface area contributed by atoms with Gasteiger partial charge in [-0.2, -0.15) is 0 Å². The zero-order valence-electron chi connectivity index (χ0n) is 8.40. The van der Waals surface area contributed by atoms with Crippen molar-refractivity contribution in [3.8, 4) is 0 Å². The molecule has 2 N–H and O–H groups in total. The first-order valence-electron chi connectivity index (χ1n) is 5.18. The minimum Gasteiger partial charge on any atom is -0.477 e. The van der Waals surface area contributed by atoms with E-state index in [2.05, 4.69) is 10.3 Å². The Balaban J connectivity index is 1.70. The quantitative estimate of drug-likeness (QED) is 0.731. The summed E-state index contributed by atoms with van der Waals surface area (Å²) in [6, 6.07) is 0. The Labute approximate surface area is 92.3 Å². The predicted molar refractivity (Wildman–Crippen MR) is 59.5 cm³/mol. The van der Waals surface area contributed by atoms with Crippen LogP contribution in [-0.2, 0) is 0 Å². The van der Waals surface area contributed by atoms with Crippen LogP contribution in [0.4, 0.5) is 5.13 Å². The van der Waals surface area contributed by atoms with E-state index in [0.717, 1.165) is 18.9 Å². The molecule has 2 rings (SSSR count). The Hall–Kier alpha value is -1.10. The van der Waals surface area contributed by atoms with Gasteiger partial charge in [0.25, 0.3) is 0 Å². The molecule has 15 heavy (non-hydrogen) atoms. The molecule has 82 valence electrons. The van der Waals surface area contributed by atoms with Gasteiger partial charge in [-0.1, -0.05) is 24.2 Å². The molecule has 0 bridgehead atoms. The third-order valence-electron chi connectivity index (χ3n) is 2.48. The summed E-state index contributed by atoms with van der Waals surface area (Å²) >= 11 is 1.19. The van der Waals surface area contributed by atoms with Gasteiger partial charge in [0.05, 0.1) is 6.20 Å². The molecule has 0 spiro atoms. The SMILES string of the molecule is O=C(O)c1cnc(NCCCC2CC2)s1. The van der Waals surface area contributed by atoms with Gasteiger partial charge in [-0.15, -0.1) is 0 Å². The normalized spacial score (nSPS) is 15.2. The van der Waals surface area contributed by atoms with E-state index in [9.17, 15) is 4.79 Å². The molecule has 1 fully saturated rings. The van der Waals surface area contributed by atoms with Gasteiger partial charge in [0.1, 0.15) is 4.88 Å². The van der Waals surface area contributed by atoms with Gasteiger partial charge >= 0.3 is 5.97 Å². The fourth-order valence-electron chi connectivity index (χ4n) is 1.45. The van der Waals surface area contributed by atoms with E-state index < -0.39 is 5.97 Å². The van der Waals surface area contributed by atoms with Crippen LogP contribution in [0.25, 0.3) is 0 Å². The second kappa shape index (κ2) is 4.61. The maximum Gasteiger partial charge on any atom is 0.347 e. The lowest BCUT2D eigenvalue weighted by atomic mass is 10.2. The zero-order valence-corrected chi connectivity index (χ0v) is 9.22. The molecular weight excluding hydrogens is 212 g/mol. The van der Waals surface area contributed by atoms with Gasteiger partial charge in [-0.05, 0) is 18.8 Å². The summed E-state index contributed by atoms with van der Waals surface area (Å²) < 4.78 is 0. The van der Waals surface area contributed by atoms with Crippen molar-refractivity contribution in [3.05, 3.63) is 11.1 Å². The third kappa shape index (κ3) is 3.20. The Morgan fingerprint density at radius 2 is 2.47 bits per heavy atom. The van der Waals surface area contributed by atoms with Crippen LogP contribution in [0.3, 0.4) is 0 Å². The topological polar surface area (TPSA) is 62.2 Å². The Kier molecular flexibility index (Phi) is 3.20. The van der Waals surface area contributed by atoms with Crippen molar-refractivity contribution >= 4 is 22.4 Å². The number of carboxylic acids is 1. The van der Waals surface area contributed by atoms with Crippen molar-refractivity contribution < 1.29 is 9.90 Å². The highest BCUT2D eigenvalue weighted by molar-refractivity contribution is 7.17. The fraction of sp³-hybridized carbons (Fsp3) is 0.600. The van der Waals surface area contributed by atoms with Crippen molar-refractivity contribution in [1.82, 2.24) is 4.98 Å². The van der Waals surface area contributed by atoms with Gasteiger partial charge < -0.3 is 10.4 Å². The molecule has 0 aliphatic heterocycles. The Bertz CT molecular complexity index is 347. The lowest BCUT2D eigenvalue weighted by Gasteiger charge is -2.00. The number of thiazole rings is 1. The molecular formula is C10H14N2O2S. The van der Waals surface area contributed by atoms with Gasteiger partial charge in [0.2, 0.25) is 0 Å². The van der Waals surface area contributed by atoms with Crippen LogP contribution in [-0.4, -0.2) is 22.6 Å². The van der Waals surface area contributed by atoms with E-state index in [-0.39, 0.29) is 0 Å². The minimum atomic E-state index is -0.904. The Morgan fingerprint density at radius 3 is 3.07 bits per heavy atom. The van der Waals surface area contributed by atoms with E-state index in [0.29, 0.717) is 10.0 Å². The van der Waals surface area contributed by atoms with Crippen LogP contribution >= 0.6 is 11.3 Å². The number of rotatable bonds is 6. The van der Waals surface area contributed by atoms with Gasteiger partial charge in [0, 0.05) is 6.54 Å². The molecule has 1 aliphatic rings. The molecule has 1 aromatic rings. The number of nitrogens with one attached hydrogen (secondary N) is 1. The summed E-state index contributed by atoms with van der Waals surface area (Å²) in [5.74, 6) is 0.0520.